The summed E-state index contributed by atoms with van der Waals surface area (Å²) in [6, 6.07) is 24.2. The van der Waals surface area contributed by atoms with Gasteiger partial charge in [-0.05, 0) is 60.7 Å². The molecule has 222 valence electrons. The van der Waals surface area contributed by atoms with E-state index in [9.17, 15) is 22.9 Å². The van der Waals surface area contributed by atoms with Crippen LogP contribution in [0.2, 0.25) is 0 Å². The van der Waals surface area contributed by atoms with Gasteiger partial charge in [-0.25, -0.2) is 17.8 Å². The molecule has 4 heterocycles. The van der Waals surface area contributed by atoms with E-state index in [0.717, 1.165) is 32.4 Å². The first-order valence-corrected chi connectivity index (χ1v) is 15.7. The molecule has 45 heavy (non-hydrogen) atoms. The zero-order valence-electron chi connectivity index (χ0n) is 24.3. The fourth-order valence-corrected chi connectivity index (χ4v) is 6.25. The Morgan fingerprint density at radius 1 is 1.02 bits per heavy atom. The summed E-state index contributed by atoms with van der Waals surface area (Å²) >= 11 is 0. The molecular formula is C34H24FN5O4S. The molecular weight excluding hydrogens is 593 g/mol. The number of nitrogens with zero attached hydrogens (tertiary/aromatic N) is 4. The second kappa shape index (κ2) is 10.2. The zero-order valence-corrected chi connectivity index (χ0v) is 25.1. The van der Waals surface area contributed by atoms with Crippen molar-refractivity contribution in [2.75, 3.05) is 24.7 Å². The van der Waals surface area contributed by atoms with Crippen LogP contribution >= 0.6 is 0 Å². The number of amides is 1. The summed E-state index contributed by atoms with van der Waals surface area (Å²) in [5, 5.41) is 14.4. The van der Waals surface area contributed by atoms with Crippen molar-refractivity contribution in [3.05, 3.63) is 102 Å². The number of hydrogen-bond acceptors (Lipinski definition) is 6. The highest BCUT2D eigenvalue weighted by Crippen LogP contribution is 2.41. The number of halogens is 1. The Kier molecular flexibility index (Phi) is 6.35. The van der Waals surface area contributed by atoms with E-state index in [-0.39, 0.29) is 16.9 Å². The molecule has 1 amide bonds. The first-order chi connectivity index (χ1) is 21.6. The van der Waals surface area contributed by atoms with Crippen molar-refractivity contribution < 1.29 is 22.0 Å². The third kappa shape index (κ3) is 4.46. The number of pyridine rings is 2. The van der Waals surface area contributed by atoms with Crippen LogP contribution in [0, 0.1) is 17.1 Å². The number of aromatic nitrogens is 2. The third-order valence-corrected chi connectivity index (χ3v) is 9.25. The fourth-order valence-electron chi connectivity index (χ4n) is 5.74. The van der Waals surface area contributed by atoms with Gasteiger partial charge < -0.3 is 14.1 Å². The lowest BCUT2D eigenvalue weighted by atomic mass is 10.0. The second-order valence-corrected chi connectivity index (χ2v) is 12.7. The van der Waals surface area contributed by atoms with Crippen molar-refractivity contribution in [3.63, 3.8) is 0 Å². The van der Waals surface area contributed by atoms with Gasteiger partial charge in [0.1, 0.15) is 17.2 Å². The molecule has 7 rings (SSSR count). The summed E-state index contributed by atoms with van der Waals surface area (Å²) in [4.78, 5) is 18.3. The van der Waals surface area contributed by atoms with Gasteiger partial charge >= 0.3 is 0 Å². The van der Waals surface area contributed by atoms with E-state index in [2.05, 4.69) is 11.4 Å². The molecule has 0 aliphatic heterocycles. The number of fused-ring (bicyclic) bond motifs is 6. The predicted molar refractivity (Wildman–Crippen MR) is 172 cm³/mol. The molecule has 0 unspecified atom stereocenters. The number of hydrogen-bond donors (Lipinski definition) is 1. The van der Waals surface area contributed by atoms with E-state index in [1.54, 1.807) is 24.3 Å². The lowest BCUT2D eigenvalue weighted by molar-refractivity contribution is 0.0964. The Morgan fingerprint density at radius 2 is 1.80 bits per heavy atom. The molecule has 0 bridgehead atoms. The second-order valence-electron chi connectivity index (χ2n) is 10.7. The van der Waals surface area contributed by atoms with Crippen molar-refractivity contribution in [3.8, 4) is 28.7 Å². The number of carbonyl (C=O) groups excluding carboxylic acids is 1. The van der Waals surface area contributed by atoms with Crippen LogP contribution in [0.5, 0.6) is 0 Å². The molecule has 3 aromatic carbocycles. The molecule has 0 spiro atoms. The maximum absolute atomic E-state index is 13.7. The Hall–Kier alpha value is -5.73. The molecule has 0 saturated carbocycles. The number of nitriles is 1. The van der Waals surface area contributed by atoms with Gasteiger partial charge in [-0.2, -0.15) is 5.26 Å². The van der Waals surface area contributed by atoms with E-state index in [1.807, 2.05) is 40.9 Å². The minimum Gasteiger partial charge on any atom is -0.455 e. The Labute approximate surface area is 256 Å². The number of rotatable bonds is 5. The van der Waals surface area contributed by atoms with Gasteiger partial charge in [0.05, 0.1) is 51.4 Å². The van der Waals surface area contributed by atoms with E-state index in [0.29, 0.717) is 39.0 Å². The van der Waals surface area contributed by atoms with Gasteiger partial charge in [0.2, 0.25) is 10.0 Å². The molecule has 7 aromatic rings. The lowest BCUT2D eigenvalue weighted by Crippen LogP contribution is -2.25. The van der Waals surface area contributed by atoms with Crippen LogP contribution in [-0.4, -0.2) is 44.1 Å². The molecule has 0 saturated heterocycles. The smallest absolute Gasteiger partial charge is 0.255 e. The van der Waals surface area contributed by atoms with Gasteiger partial charge in [-0.1, -0.05) is 12.1 Å². The number of carbonyl (C=O) groups is 1. The minimum absolute atomic E-state index is 0.218. The van der Waals surface area contributed by atoms with Crippen molar-refractivity contribution in [1.82, 2.24) is 14.7 Å². The molecule has 1 N–H and O–H groups in total. The monoisotopic (exact) mass is 617 g/mol. The summed E-state index contributed by atoms with van der Waals surface area (Å²) in [5.74, 6) is -0.646. The molecule has 0 atom stereocenters. The molecule has 9 nitrogen and oxygen atoms in total. The van der Waals surface area contributed by atoms with E-state index in [1.165, 1.54) is 38.4 Å². The number of anilines is 1. The third-order valence-electron chi connectivity index (χ3n) is 8.06. The summed E-state index contributed by atoms with van der Waals surface area (Å²) in [6.07, 6.45) is 3.02. The standard InChI is InChI=1S/C34H24FN5O4S/c1-37-34(41)31-25-15-24(28(39(2)45(3,42)43)17-30(25)44-33(31)20-7-10-22(35)11-8-20)26-12-9-19-13-14-40-27-6-4-5-21(18-36)23(27)16-29(40)32(19)38-26/h4-17H,1-3H3,(H,37,41). The summed E-state index contributed by atoms with van der Waals surface area (Å²) in [7, 11) is -0.796. The van der Waals surface area contributed by atoms with Crippen LogP contribution < -0.4 is 9.62 Å². The van der Waals surface area contributed by atoms with E-state index in [4.69, 9.17) is 9.40 Å². The van der Waals surface area contributed by atoms with Gasteiger partial charge in [0.25, 0.3) is 5.91 Å². The first kappa shape index (κ1) is 28.1. The van der Waals surface area contributed by atoms with E-state index >= 15 is 0 Å². The quantitative estimate of drug-likeness (QED) is 0.236. The molecule has 0 aliphatic carbocycles. The number of sulfonamides is 1. The van der Waals surface area contributed by atoms with Gasteiger partial charge in [-0.3, -0.25) is 9.10 Å². The van der Waals surface area contributed by atoms with Crippen molar-refractivity contribution >= 4 is 59.9 Å². The summed E-state index contributed by atoms with van der Waals surface area (Å²) in [6.45, 7) is 0. The molecule has 0 aliphatic rings. The molecule has 0 radical (unpaired) electrons. The number of benzene rings is 3. The van der Waals surface area contributed by atoms with Crippen LogP contribution in [0.4, 0.5) is 10.1 Å². The minimum atomic E-state index is -3.73. The number of nitrogens with one attached hydrogen (secondary N) is 1. The summed E-state index contributed by atoms with van der Waals surface area (Å²) < 4.78 is 48.7. The van der Waals surface area contributed by atoms with Crippen LogP contribution in [0.3, 0.4) is 0 Å². The summed E-state index contributed by atoms with van der Waals surface area (Å²) in [5.41, 5.74) is 5.00. The van der Waals surface area contributed by atoms with Crippen LogP contribution in [0.25, 0.3) is 60.9 Å². The van der Waals surface area contributed by atoms with Crippen LogP contribution in [0.1, 0.15) is 15.9 Å². The average Bonchev–Trinajstić information content (AvgIpc) is 3.61. The van der Waals surface area contributed by atoms with Gasteiger partial charge in [-0.15, -0.1) is 0 Å². The van der Waals surface area contributed by atoms with Gasteiger partial charge in [0, 0.05) is 53.6 Å². The largest absolute Gasteiger partial charge is 0.455 e. The molecule has 11 heteroatoms. The maximum atomic E-state index is 13.7. The first-order valence-electron chi connectivity index (χ1n) is 13.9. The highest BCUT2D eigenvalue weighted by Gasteiger charge is 2.26. The fraction of sp³-hybridized carbons (Fsp3) is 0.0882. The molecule has 4 aromatic heterocycles. The number of furan rings is 1. The van der Waals surface area contributed by atoms with Crippen molar-refractivity contribution in [1.29, 1.82) is 5.26 Å². The Bertz CT molecular complexity index is 2510. The highest BCUT2D eigenvalue weighted by atomic mass is 32.2. The normalized spacial score (nSPS) is 11.8. The van der Waals surface area contributed by atoms with Crippen molar-refractivity contribution in [2.45, 2.75) is 0 Å². The maximum Gasteiger partial charge on any atom is 0.255 e. The Morgan fingerprint density at radius 3 is 2.51 bits per heavy atom. The van der Waals surface area contributed by atoms with Crippen LogP contribution in [0.15, 0.2) is 89.5 Å². The average molecular weight is 618 g/mol. The Balaban J connectivity index is 1.54. The van der Waals surface area contributed by atoms with E-state index < -0.39 is 21.7 Å². The molecule has 0 fully saturated rings. The lowest BCUT2D eigenvalue weighted by Gasteiger charge is -2.20. The van der Waals surface area contributed by atoms with Crippen LogP contribution in [-0.2, 0) is 10.0 Å². The zero-order chi connectivity index (χ0) is 31.6. The van der Waals surface area contributed by atoms with Gasteiger partial charge in [0.15, 0.2) is 0 Å². The predicted octanol–water partition coefficient (Wildman–Crippen LogP) is 6.49. The SMILES string of the molecule is CNC(=O)c1c(-c2ccc(F)cc2)oc2cc(N(C)S(C)(=O)=O)c(-c3ccc4ccn5c6cccc(C#N)c6cc5c4n3)cc12. The van der Waals surface area contributed by atoms with Crippen molar-refractivity contribution in [2.24, 2.45) is 0 Å². The highest BCUT2D eigenvalue weighted by molar-refractivity contribution is 7.92. The topological polar surface area (TPSA) is 121 Å².